The van der Waals surface area contributed by atoms with Crippen LogP contribution in [0.1, 0.15) is 0 Å². The van der Waals surface area contributed by atoms with Gasteiger partial charge >= 0.3 is 13.5 Å². The van der Waals surface area contributed by atoms with Crippen LogP contribution in [-0.4, -0.2) is 35.7 Å². The molecule has 0 saturated carbocycles. The minimum Gasteiger partial charge on any atom is -0.555 e. The lowest BCUT2D eigenvalue weighted by Gasteiger charge is -2.08. The number of nitrogens with zero attached hydrogens (tertiary/aromatic N) is 1. The zero-order valence-corrected chi connectivity index (χ0v) is 10.4. The van der Waals surface area contributed by atoms with E-state index < -0.39 is 11.8 Å². The molecule has 1 aromatic rings. The third-order valence-corrected chi connectivity index (χ3v) is 3.96. The molecule has 1 radical (unpaired) electrons. The number of carbonyl (C=O) groups is 1. The highest BCUT2D eigenvalue weighted by Gasteiger charge is 2.21. The summed E-state index contributed by atoms with van der Waals surface area (Å²) >= 11 is 0. The second-order valence-electron chi connectivity index (χ2n) is 2.87. The van der Waals surface area contributed by atoms with Gasteiger partial charge in [-0.2, -0.15) is 0 Å². The van der Waals surface area contributed by atoms with Crippen molar-refractivity contribution in [2.75, 3.05) is 5.75 Å². The summed E-state index contributed by atoms with van der Waals surface area (Å²) in [5, 5.41) is 16.4. The number of hydrogen-bond acceptors (Lipinski definition) is 6. The van der Waals surface area contributed by atoms with E-state index in [1.165, 1.54) is 21.6 Å². The van der Waals surface area contributed by atoms with Crippen LogP contribution in [0.25, 0.3) is 0 Å². The van der Waals surface area contributed by atoms with E-state index in [1.54, 1.807) is 6.20 Å². The number of aliphatic carboxylic acids is 1. The van der Waals surface area contributed by atoms with E-state index in [2.05, 4.69) is 9.64 Å². The van der Waals surface area contributed by atoms with Crippen LogP contribution in [-0.2, 0) is 9.45 Å². The molecule has 0 aromatic carbocycles. The molecule has 0 aliphatic carbocycles. The van der Waals surface area contributed by atoms with Crippen molar-refractivity contribution >= 4 is 41.4 Å². The van der Waals surface area contributed by atoms with Gasteiger partial charge in [-0.15, -0.1) is 0 Å². The van der Waals surface area contributed by atoms with Crippen LogP contribution < -0.4 is 0 Å². The quantitative estimate of drug-likeness (QED) is 0.325. The third-order valence-electron chi connectivity index (χ3n) is 1.66. The Bertz CT molecular complexity index is 367. The molecule has 2 N–H and O–H groups in total. The lowest BCUT2D eigenvalue weighted by molar-refractivity contribution is -0.136. The summed E-state index contributed by atoms with van der Waals surface area (Å²) in [4.78, 5) is 14.9. The maximum Gasteiger partial charge on any atom is 0.387 e. The topological polar surface area (TPSA) is 83.3 Å². The summed E-state index contributed by atoms with van der Waals surface area (Å²) in [5.41, 5.74) is 0. The first-order valence-corrected chi connectivity index (χ1v) is 6.97. The summed E-state index contributed by atoms with van der Waals surface area (Å²) in [6.45, 7) is 0. The fraction of sp³-hybridized carbons (Fsp3) is 0.222. The average Bonchev–Trinajstić information content (AvgIpc) is 2.34. The van der Waals surface area contributed by atoms with Gasteiger partial charge in [0.15, 0.2) is 0 Å². The molecule has 89 valence electrons. The van der Waals surface area contributed by atoms with Gasteiger partial charge in [0, 0.05) is 11.9 Å². The molecule has 1 unspecified atom stereocenters. The normalized spacial score (nSPS) is 11.5. The number of nitrogens with one attached hydrogen (secondary N) is 1. The van der Waals surface area contributed by atoms with Gasteiger partial charge in [-0.25, -0.2) is 4.98 Å². The summed E-state index contributed by atoms with van der Waals surface area (Å²) in [6, 6.07) is 5.54. The molecular weight excluding hydrogens is 259 g/mol. The first kappa shape index (κ1) is 13.9. The molecule has 5 nitrogen and oxygen atoms in total. The van der Waals surface area contributed by atoms with Crippen LogP contribution in [0.3, 0.4) is 0 Å². The van der Waals surface area contributed by atoms with Crippen molar-refractivity contribution in [3.63, 3.8) is 0 Å². The molecule has 0 aliphatic heterocycles. The Labute approximate surface area is 108 Å². The van der Waals surface area contributed by atoms with Crippen molar-refractivity contribution in [1.82, 2.24) is 4.98 Å². The maximum absolute atomic E-state index is 10.8. The predicted octanol–water partition coefficient (Wildman–Crippen LogP) is 1.94. The molecular formula is C9H10BN2O3S2. The Morgan fingerprint density at radius 2 is 2.53 bits per heavy atom. The minimum atomic E-state index is -0.971. The summed E-state index contributed by atoms with van der Waals surface area (Å²) < 4.78 is 4.56. The molecule has 17 heavy (non-hydrogen) atoms. The molecule has 1 atom stereocenters. The van der Waals surface area contributed by atoms with Crippen LogP contribution in [0.2, 0.25) is 5.82 Å². The minimum absolute atomic E-state index is 0.352. The number of hydrogen-bond donors (Lipinski definition) is 2. The highest BCUT2D eigenvalue weighted by Crippen LogP contribution is 2.31. The van der Waals surface area contributed by atoms with Gasteiger partial charge in [-0.05, 0) is 22.9 Å². The Balaban J connectivity index is 2.32. The summed E-state index contributed by atoms with van der Waals surface area (Å²) in [5.74, 6) is -1.36. The van der Waals surface area contributed by atoms with Crippen LogP contribution in [0.4, 0.5) is 0 Å². The van der Waals surface area contributed by atoms with Gasteiger partial charge < -0.3 is 9.76 Å². The van der Waals surface area contributed by atoms with Crippen LogP contribution in [0.5, 0.6) is 0 Å². The molecule has 0 saturated heterocycles. The Morgan fingerprint density at radius 1 is 1.71 bits per heavy atom. The smallest absolute Gasteiger partial charge is 0.387 e. The monoisotopic (exact) mass is 269 g/mol. The number of pyridine rings is 1. The zero-order chi connectivity index (χ0) is 12.5. The maximum atomic E-state index is 10.8. The molecule has 8 heteroatoms. The molecule has 0 aliphatic rings. The Morgan fingerprint density at radius 3 is 3.12 bits per heavy atom. The fourth-order valence-corrected chi connectivity index (χ4v) is 2.96. The predicted molar refractivity (Wildman–Crippen MR) is 69.6 cm³/mol. The first-order chi connectivity index (χ1) is 8.24. The average molecular weight is 269 g/mol. The molecule has 0 fully saturated rings. The van der Waals surface area contributed by atoms with E-state index in [4.69, 9.17) is 10.5 Å². The van der Waals surface area contributed by atoms with Crippen molar-refractivity contribution in [1.29, 1.82) is 5.41 Å². The lowest BCUT2D eigenvalue weighted by Crippen LogP contribution is -2.18. The first-order valence-electron chi connectivity index (χ1n) is 4.65. The summed E-state index contributed by atoms with van der Waals surface area (Å²) in [7, 11) is 3.93. The van der Waals surface area contributed by atoms with Crippen molar-refractivity contribution in [2.45, 2.75) is 10.8 Å². The number of aromatic nitrogens is 1. The third kappa shape index (κ3) is 5.64. The molecule has 1 heterocycles. The fourth-order valence-electron chi connectivity index (χ4n) is 0.867. The van der Waals surface area contributed by atoms with Crippen LogP contribution in [0, 0.1) is 5.41 Å². The van der Waals surface area contributed by atoms with Crippen LogP contribution >= 0.6 is 21.6 Å². The van der Waals surface area contributed by atoms with Gasteiger partial charge in [-0.1, -0.05) is 16.9 Å². The van der Waals surface area contributed by atoms with Crippen molar-refractivity contribution in [3.8, 4) is 0 Å². The van der Waals surface area contributed by atoms with Crippen molar-refractivity contribution < 1.29 is 14.6 Å². The molecule has 1 rings (SSSR count). The number of carboxylic acid groups (broad SMARTS) is 1. The SMILES string of the molecule is N=CO[B]C(CSSc1ccccn1)C(=O)O. The van der Waals surface area contributed by atoms with E-state index in [1.807, 2.05) is 18.2 Å². The molecule has 0 bridgehead atoms. The highest BCUT2D eigenvalue weighted by molar-refractivity contribution is 8.76. The largest absolute Gasteiger partial charge is 0.555 e. The van der Waals surface area contributed by atoms with E-state index in [0.29, 0.717) is 12.2 Å². The van der Waals surface area contributed by atoms with E-state index in [9.17, 15) is 4.79 Å². The van der Waals surface area contributed by atoms with Gasteiger partial charge in [0.2, 0.25) is 0 Å². The van der Waals surface area contributed by atoms with Crippen LogP contribution in [0.15, 0.2) is 29.4 Å². The van der Waals surface area contributed by atoms with Gasteiger partial charge in [0.25, 0.3) is 0 Å². The lowest BCUT2D eigenvalue weighted by atomic mass is 9.82. The van der Waals surface area contributed by atoms with Gasteiger partial charge in [0.05, 0.1) is 5.82 Å². The van der Waals surface area contributed by atoms with E-state index in [0.717, 1.165) is 12.5 Å². The van der Waals surface area contributed by atoms with Gasteiger partial charge in [0.1, 0.15) is 11.4 Å². The summed E-state index contributed by atoms with van der Waals surface area (Å²) in [6.07, 6.45) is 2.38. The zero-order valence-electron chi connectivity index (χ0n) is 8.78. The van der Waals surface area contributed by atoms with Crippen molar-refractivity contribution in [3.05, 3.63) is 24.4 Å². The second kappa shape index (κ2) is 8.02. The van der Waals surface area contributed by atoms with E-state index >= 15 is 0 Å². The molecule has 1 aromatic heterocycles. The number of carboxylic acids is 1. The van der Waals surface area contributed by atoms with E-state index in [-0.39, 0.29) is 0 Å². The highest BCUT2D eigenvalue weighted by atomic mass is 33.1. The molecule has 0 amide bonds. The number of rotatable bonds is 8. The second-order valence-corrected chi connectivity index (χ2v) is 5.23. The van der Waals surface area contributed by atoms with Gasteiger partial charge in [-0.3, -0.25) is 10.2 Å². The Kier molecular flexibility index (Phi) is 6.57. The van der Waals surface area contributed by atoms with Crippen molar-refractivity contribution in [2.24, 2.45) is 0 Å². The Hall–Kier alpha value is -1.15. The molecule has 0 spiro atoms. The standard InChI is InChI=1S/C9H10BN2O3S2/c11-6-15-10-7(9(13)14)5-16-17-8-3-1-2-4-12-8/h1-4,6-7,11H,5H2,(H,13,14).